The van der Waals surface area contributed by atoms with E-state index in [1.807, 2.05) is 21.1 Å². The highest BCUT2D eigenvalue weighted by atomic mass is 16.7. The summed E-state index contributed by atoms with van der Waals surface area (Å²) in [6, 6.07) is 0. The third kappa shape index (κ3) is 65.7. The van der Waals surface area contributed by atoms with Gasteiger partial charge in [-0.05, 0) is 12.8 Å². The third-order valence-electron chi connectivity index (χ3n) is 16.9. The number of esters is 2. The molecule has 9 nitrogen and oxygen atoms in total. The molecule has 0 aromatic rings. The van der Waals surface area contributed by atoms with Gasteiger partial charge in [0, 0.05) is 12.8 Å². The highest BCUT2D eigenvalue weighted by Crippen LogP contribution is 2.20. The Morgan fingerprint density at radius 3 is 0.790 bits per heavy atom. The van der Waals surface area contributed by atoms with Crippen molar-refractivity contribution < 1.29 is 42.9 Å². The van der Waals surface area contributed by atoms with E-state index < -0.39 is 18.4 Å². The summed E-state index contributed by atoms with van der Waals surface area (Å²) >= 11 is 0. The number of carbonyl (C=O) groups is 3. The van der Waals surface area contributed by atoms with Gasteiger partial charge in [0.1, 0.15) is 13.2 Å². The second kappa shape index (κ2) is 64.3. The van der Waals surface area contributed by atoms with Gasteiger partial charge in [-0.2, -0.15) is 0 Å². The van der Waals surface area contributed by atoms with Crippen molar-refractivity contribution in [2.24, 2.45) is 0 Å². The van der Waals surface area contributed by atoms with Crippen molar-refractivity contribution in [1.29, 1.82) is 0 Å². The Labute approximate surface area is 504 Å². The number of hydrogen-bond acceptors (Lipinski definition) is 7. The Morgan fingerprint density at radius 1 is 0.321 bits per heavy atom. The number of ether oxygens (including phenoxy) is 4. The van der Waals surface area contributed by atoms with Crippen LogP contribution in [-0.4, -0.2) is 87.4 Å². The van der Waals surface area contributed by atoms with Gasteiger partial charge >= 0.3 is 17.9 Å². The Morgan fingerprint density at radius 2 is 0.556 bits per heavy atom. The molecule has 0 aromatic carbocycles. The van der Waals surface area contributed by atoms with Crippen LogP contribution in [0.2, 0.25) is 0 Å². The molecule has 0 spiro atoms. The average Bonchev–Trinajstić information content (AvgIpc) is 3.44. The molecule has 1 N–H and O–H groups in total. The van der Waals surface area contributed by atoms with E-state index in [2.05, 4.69) is 13.8 Å². The van der Waals surface area contributed by atoms with Crippen LogP contribution in [0, 0.1) is 0 Å². The van der Waals surface area contributed by atoms with Gasteiger partial charge < -0.3 is 28.5 Å². The Kier molecular flexibility index (Phi) is 62.9. The van der Waals surface area contributed by atoms with E-state index in [0.717, 1.165) is 38.5 Å². The Bertz CT molecular complexity index is 1290. The summed E-state index contributed by atoms with van der Waals surface area (Å²) in [6.07, 6.45) is 73.8. The first-order chi connectivity index (χ1) is 39.6. The zero-order valence-corrected chi connectivity index (χ0v) is 55.2. The molecule has 2 atom stereocenters. The van der Waals surface area contributed by atoms with Crippen molar-refractivity contribution in [3.63, 3.8) is 0 Å². The molecule has 0 aromatic heterocycles. The predicted molar refractivity (Wildman–Crippen MR) is 346 cm³/mol. The topological polar surface area (TPSA) is 108 Å². The van der Waals surface area contributed by atoms with Crippen LogP contribution in [0.15, 0.2) is 0 Å². The number of rotatable bonds is 69. The minimum atomic E-state index is -1.50. The zero-order chi connectivity index (χ0) is 59.1. The number of aliphatic carboxylic acids is 1. The molecule has 0 fully saturated rings. The largest absolute Gasteiger partial charge is 0.477 e. The third-order valence-corrected chi connectivity index (χ3v) is 16.9. The number of hydrogen-bond donors (Lipinski definition) is 1. The van der Waals surface area contributed by atoms with E-state index in [0.29, 0.717) is 17.4 Å². The maximum atomic E-state index is 12.9. The summed E-state index contributed by atoms with van der Waals surface area (Å²) < 4.78 is 23.0. The van der Waals surface area contributed by atoms with E-state index in [-0.39, 0.29) is 38.2 Å². The summed E-state index contributed by atoms with van der Waals surface area (Å²) in [4.78, 5) is 37.6. The van der Waals surface area contributed by atoms with Gasteiger partial charge in [0.2, 0.25) is 0 Å². The first-order valence-corrected chi connectivity index (χ1v) is 36.2. The van der Waals surface area contributed by atoms with Crippen molar-refractivity contribution >= 4 is 17.9 Å². The van der Waals surface area contributed by atoms with Gasteiger partial charge in [-0.15, -0.1) is 0 Å². The molecule has 81 heavy (non-hydrogen) atoms. The van der Waals surface area contributed by atoms with Gasteiger partial charge in [0.15, 0.2) is 6.10 Å². The first kappa shape index (κ1) is 79.3. The fourth-order valence-corrected chi connectivity index (χ4v) is 11.3. The van der Waals surface area contributed by atoms with Crippen LogP contribution in [-0.2, 0) is 33.3 Å². The molecule has 0 aliphatic rings. The monoisotopic (exact) mass is 1150 g/mol. The highest BCUT2D eigenvalue weighted by Gasteiger charge is 2.25. The average molecular weight is 1150 g/mol. The van der Waals surface area contributed by atoms with Crippen molar-refractivity contribution in [1.82, 2.24) is 0 Å². The lowest BCUT2D eigenvalue weighted by Gasteiger charge is -2.25. The smallest absolute Gasteiger partial charge is 0.361 e. The number of quaternary nitrogens is 1. The first-order valence-electron chi connectivity index (χ1n) is 36.2. The minimum Gasteiger partial charge on any atom is -0.477 e. The summed E-state index contributed by atoms with van der Waals surface area (Å²) in [7, 11) is 6.00. The summed E-state index contributed by atoms with van der Waals surface area (Å²) in [5.74, 6) is -1.96. The second-order valence-corrected chi connectivity index (χ2v) is 26.3. The molecule has 0 heterocycles. The quantitative estimate of drug-likeness (QED) is 0.0278. The van der Waals surface area contributed by atoms with Gasteiger partial charge in [-0.25, -0.2) is 4.79 Å². The van der Waals surface area contributed by atoms with Crippen LogP contribution in [0.25, 0.3) is 0 Å². The van der Waals surface area contributed by atoms with Gasteiger partial charge in [-0.1, -0.05) is 361 Å². The lowest BCUT2D eigenvalue weighted by Crippen LogP contribution is -2.40. The fraction of sp³-hybridized carbons (Fsp3) is 0.958. The van der Waals surface area contributed by atoms with Crippen molar-refractivity contribution in [3.05, 3.63) is 0 Å². The molecular weight excluding hydrogens is 1010 g/mol. The molecule has 9 heteroatoms. The van der Waals surface area contributed by atoms with Gasteiger partial charge in [-0.3, -0.25) is 9.59 Å². The lowest BCUT2D eigenvalue weighted by molar-refractivity contribution is -0.870. The van der Waals surface area contributed by atoms with Crippen molar-refractivity contribution in [2.75, 3.05) is 47.5 Å². The van der Waals surface area contributed by atoms with Gasteiger partial charge in [0.05, 0.1) is 34.4 Å². The van der Waals surface area contributed by atoms with Crippen LogP contribution < -0.4 is 0 Å². The molecule has 0 amide bonds. The molecular formula is C72H142NO8+. The number of unbranched alkanes of at least 4 members (excludes halogenated alkanes) is 54. The van der Waals surface area contributed by atoms with E-state index in [1.54, 1.807) is 0 Å². The molecule has 0 aliphatic carbocycles. The SMILES string of the molecule is CCCCCCCCCCCCCCCCCCCCCCCCCCCCCCCCCC(=O)OC(COC(=O)CCCCCCCCCCCCCCCCCCCCCCCCCCC)COC(OCC[N+](C)(C)C)C(=O)O. The van der Waals surface area contributed by atoms with Crippen LogP contribution in [0.5, 0.6) is 0 Å². The second-order valence-electron chi connectivity index (χ2n) is 26.3. The number of carboxylic acid groups (broad SMARTS) is 1. The van der Waals surface area contributed by atoms with E-state index >= 15 is 0 Å². The van der Waals surface area contributed by atoms with Gasteiger partial charge in [0.25, 0.3) is 6.29 Å². The summed E-state index contributed by atoms with van der Waals surface area (Å²) in [5, 5.41) is 9.75. The summed E-state index contributed by atoms with van der Waals surface area (Å²) in [6.45, 7) is 4.98. The molecule has 0 bridgehead atoms. The molecule has 0 saturated carbocycles. The number of likely N-dealkylation sites (N-methyl/N-ethyl adjacent to an activating group) is 1. The zero-order valence-electron chi connectivity index (χ0n) is 55.2. The predicted octanol–water partition coefficient (Wildman–Crippen LogP) is 22.3. The minimum absolute atomic E-state index is 0.172. The summed E-state index contributed by atoms with van der Waals surface area (Å²) in [5.41, 5.74) is 0. The van der Waals surface area contributed by atoms with Crippen molar-refractivity contribution in [3.8, 4) is 0 Å². The van der Waals surface area contributed by atoms with E-state index in [1.165, 1.54) is 321 Å². The number of carbonyl (C=O) groups excluding carboxylic acids is 2. The maximum Gasteiger partial charge on any atom is 0.361 e. The molecule has 2 unspecified atom stereocenters. The Hall–Kier alpha value is -1.71. The number of nitrogens with zero attached hydrogens (tertiary/aromatic N) is 1. The standard InChI is InChI=1S/C72H141NO8/c1-6-8-10-12-14-16-18-20-22-24-26-28-30-32-33-34-35-36-37-39-41-43-45-47-49-51-53-55-57-59-61-63-70(75)81-68(67-80-72(71(76)77)78-65-64-73(3,4)5)66-79-69(74)62-60-58-56-54-52-50-48-46-44-42-40-38-31-29-27-25-23-21-19-17-15-13-11-9-7-2/h68,72H,6-67H2,1-5H3/p+1. The molecule has 0 aliphatic heterocycles. The van der Waals surface area contributed by atoms with E-state index in [4.69, 9.17) is 18.9 Å². The fourth-order valence-electron chi connectivity index (χ4n) is 11.3. The number of carboxylic acids is 1. The molecule has 482 valence electrons. The van der Waals surface area contributed by atoms with Crippen LogP contribution in [0.1, 0.15) is 386 Å². The van der Waals surface area contributed by atoms with Crippen LogP contribution >= 0.6 is 0 Å². The molecule has 0 radical (unpaired) electrons. The van der Waals surface area contributed by atoms with Crippen molar-refractivity contribution in [2.45, 2.75) is 399 Å². The Balaban J connectivity index is 4.02. The van der Waals surface area contributed by atoms with Crippen LogP contribution in [0.3, 0.4) is 0 Å². The lowest BCUT2D eigenvalue weighted by atomic mass is 10.0. The maximum absolute atomic E-state index is 12.9. The van der Waals surface area contributed by atoms with Crippen LogP contribution in [0.4, 0.5) is 0 Å². The molecule has 0 saturated heterocycles. The normalized spacial score (nSPS) is 12.6. The molecule has 0 rings (SSSR count). The van der Waals surface area contributed by atoms with E-state index in [9.17, 15) is 19.5 Å². The highest BCUT2D eigenvalue weighted by molar-refractivity contribution is 5.71.